The molecule has 2 aliphatic heterocycles. The van der Waals surface area contributed by atoms with Crippen LogP contribution in [-0.4, -0.2) is 56.9 Å². The second-order valence-electron chi connectivity index (χ2n) is 6.31. The largest absolute Gasteiger partial charge is 0.354 e. The van der Waals surface area contributed by atoms with E-state index in [0.717, 1.165) is 49.0 Å². The highest BCUT2D eigenvalue weighted by atomic mass is 32.1. The number of nitrogens with zero attached hydrogens (tertiary/aromatic N) is 6. The highest BCUT2D eigenvalue weighted by Gasteiger charge is 2.29. The number of aromatic nitrogens is 4. The summed E-state index contributed by atoms with van der Waals surface area (Å²) in [4.78, 5) is 4.91. The minimum atomic E-state index is 0.620. The zero-order valence-corrected chi connectivity index (χ0v) is 14.1. The van der Waals surface area contributed by atoms with Crippen molar-refractivity contribution in [2.24, 2.45) is 0 Å². The summed E-state index contributed by atoms with van der Waals surface area (Å²) in [6, 6.07) is 6.75. The first kappa shape index (κ1) is 14.1. The standard InChI is InChI=1S/C17H18N6S/c1-2-8-21(7-1)14-5-9-22(11-14)16-4-3-15-18-19-17(23(15)20-16)13-6-10-24-12-13/h1-4,6,10,12,14H,5,7-9,11H2. The SMILES string of the molecule is C1=CCN(C2CCN(c3ccc4nnc(-c5ccsc5)n4n3)C2)C1. The van der Waals surface area contributed by atoms with Gasteiger partial charge in [0.15, 0.2) is 11.5 Å². The van der Waals surface area contributed by atoms with Crippen LogP contribution >= 0.6 is 11.3 Å². The second kappa shape index (κ2) is 5.68. The van der Waals surface area contributed by atoms with Gasteiger partial charge >= 0.3 is 0 Å². The molecule has 6 nitrogen and oxygen atoms in total. The first-order chi connectivity index (χ1) is 11.9. The Morgan fingerprint density at radius 1 is 1.08 bits per heavy atom. The summed E-state index contributed by atoms with van der Waals surface area (Å²) in [7, 11) is 0. The average Bonchev–Trinajstić information content (AvgIpc) is 3.41. The Morgan fingerprint density at radius 2 is 2.00 bits per heavy atom. The molecule has 1 atom stereocenters. The molecule has 0 N–H and O–H groups in total. The van der Waals surface area contributed by atoms with Crippen molar-refractivity contribution in [2.45, 2.75) is 12.5 Å². The minimum absolute atomic E-state index is 0.620. The lowest BCUT2D eigenvalue weighted by Gasteiger charge is -2.24. The molecule has 1 saturated heterocycles. The molecule has 24 heavy (non-hydrogen) atoms. The molecule has 3 aromatic rings. The summed E-state index contributed by atoms with van der Waals surface area (Å²) in [6.07, 6.45) is 5.72. The molecule has 0 bridgehead atoms. The van der Waals surface area contributed by atoms with Crippen LogP contribution in [0.15, 0.2) is 41.1 Å². The van der Waals surface area contributed by atoms with Gasteiger partial charge in [0.2, 0.25) is 0 Å². The zero-order valence-electron chi connectivity index (χ0n) is 13.2. The topological polar surface area (TPSA) is 49.6 Å². The molecule has 0 radical (unpaired) electrons. The van der Waals surface area contributed by atoms with Gasteiger partial charge in [-0.3, -0.25) is 4.90 Å². The van der Waals surface area contributed by atoms with Crippen LogP contribution in [0, 0.1) is 0 Å². The molecule has 0 aliphatic carbocycles. The first-order valence-corrected chi connectivity index (χ1v) is 9.22. The van der Waals surface area contributed by atoms with Gasteiger partial charge in [-0.05, 0) is 30.0 Å². The van der Waals surface area contributed by atoms with E-state index in [1.807, 2.05) is 10.6 Å². The van der Waals surface area contributed by atoms with Crippen LogP contribution < -0.4 is 4.90 Å². The first-order valence-electron chi connectivity index (χ1n) is 8.27. The molecule has 0 spiro atoms. The van der Waals surface area contributed by atoms with E-state index in [4.69, 9.17) is 5.10 Å². The van der Waals surface area contributed by atoms with Crippen LogP contribution in [0.25, 0.3) is 17.0 Å². The molecular weight excluding hydrogens is 320 g/mol. The van der Waals surface area contributed by atoms with Crippen molar-refractivity contribution >= 4 is 22.8 Å². The quantitative estimate of drug-likeness (QED) is 0.686. The average molecular weight is 338 g/mol. The Kier molecular flexibility index (Phi) is 3.34. The maximum atomic E-state index is 4.82. The summed E-state index contributed by atoms with van der Waals surface area (Å²) in [5.41, 5.74) is 1.86. The fraction of sp³-hybridized carbons (Fsp3) is 0.353. The number of hydrogen-bond acceptors (Lipinski definition) is 6. The lowest BCUT2D eigenvalue weighted by atomic mass is 10.2. The maximum Gasteiger partial charge on any atom is 0.186 e. The molecule has 0 aromatic carbocycles. The molecule has 1 unspecified atom stereocenters. The Bertz CT molecular complexity index is 876. The Morgan fingerprint density at radius 3 is 2.83 bits per heavy atom. The number of thiophene rings is 1. The van der Waals surface area contributed by atoms with Gasteiger partial charge in [-0.25, -0.2) is 0 Å². The second-order valence-corrected chi connectivity index (χ2v) is 7.09. The highest BCUT2D eigenvalue weighted by molar-refractivity contribution is 7.08. The van der Waals surface area contributed by atoms with E-state index in [1.165, 1.54) is 6.42 Å². The van der Waals surface area contributed by atoms with Crippen LogP contribution in [0.4, 0.5) is 5.82 Å². The molecular formula is C17H18N6S. The lowest BCUT2D eigenvalue weighted by Crippen LogP contribution is -2.35. The summed E-state index contributed by atoms with van der Waals surface area (Å²) in [6.45, 7) is 4.25. The molecule has 3 aromatic heterocycles. The van der Waals surface area contributed by atoms with Crippen molar-refractivity contribution in [3.63, 3.8) is 0 Å². The van der Waals surface area contributed by atoms with Gasteiger partial charge in [-0.2, -0.15) is 15.9 Å². The third-order valence-corrected chi connectivity index (χ3v) is 5.56. The summed E-state index contributed by atoms with van der Waals surface area (Å²) < 4.78 is 1.86. The van der Waals surface area contributed by atoms with Gasteiger partial charge in [0, 0.05) is 43.2 Å². The molecule has 2 aliphatic rings. The van der Waals surface area contributed by atoms with Crippen LogP contribution in [0.1, 0.15) is 6.42 Å². The van der Waals surface area contributed by atoms with Crippen molar-refractivity contribution in [3.05, 3.63) is 41.1 Å². The van der Waals surface area contributed by atoms with Crippen molar-refractivity contribution < 1.29 is 0 Å². The van der Waals surface area contributed by atoms with E-state index in [1.54, 1.807) is 11.3 Å². The number of rotatable bonds is 3. The van der Waals surface area contributed by atoms with E-state index in [9.17, 15) is 0 Å². The van der Waals surface area contributed by atoms with Gasteiger partial charge in [0.05, 0.1) is 0 Å². The summed E-state index contributed by atoms with van der Waals surface area (Å²) in [5.74, 6) is 1.82. The molecule has 0 saturated carbocycles. The Labute approximate surface area is 144 Å². The van der Waals surface area contributed by atoms with Crippen LogP contribution in [0.5, 0.6) is 0 Å². The zero-order chi connectivity index (χ0) is 15.9. The molecule has 5 heterocycles. The van der Waals surface area contributed by atoms with E-state index >= 15 is 0 Å². The predicted octanol–water partition coefficient (Wildman–Crippen LogP) is 2.30. The van der Waals surface area contributed by atoms with Gasteiger partial charge in [0.25, 0.3) is 0 Å². The number of hydrogen-bond donors (Lipinski definition) is 0. The van der Waals surface area contributed by atoms with Crippen LogP contribution in [0.2, 0.25) is 0 Å². The van der Waals surface area contributed by atoms with Crippen molar-refractivity contribution in [1.29, 1.82) is 0 Å². The molecule has 1 fully saturated rings. The van der Waals surface area contributed by atoms with Gasteiger partial charge < -0.3 is 4.90 Å². The van der Waals surface area contributed by atoms with Crippen LogP contribution in [-0.2, 0) is 0 Å². The van der Waals surface area contributed by atoms with E-state index < -0.39 is 0 Å². The summed E-state index contributed by atoms with van der Waals surface area (Å²) in [5, 5.41) is 17.5. The third kappa shape index (κ3) is 2.32. The lowest BCUT2D eigenvalue weighted by molar-refractivity contribution is 0.271. The highest BCUT2D eigenvalue weighted by Crippen LogP contribution is 2.25. The van der Waals surface area contributed by atoms with Crippen molar-refractivity contribution in [1.82, 2.24) is 24.7 Å². The molecule has 5 rings (SSSR count). The molecule has 7 heteroatoms. The molecule has 0 amide bonds. The summed E-state index contributed by atoms with van der Waals surface area (Å²) >= 11 is 1.66. The van der Waals surface area contributed by atoms with Crippen molar-refractivity contribution in [3.8, 4) is 11.4 Å². The Balaban J connectivity index is 1.44. The molecule has 122 valence electrons. The van der Waals surface area contributed by atoms with Crippen LogP contribution in [0.3, 0.4) is 0 Å². The van der Waals surface area contributed by atoms with E-state index in [0.29, 0.717) is 6.04 Å². The van der Waals surface area contributed by atoms with Crippen molar-refractivity contribution in [2.75, 3.05) is 31.1 Å². The monoisotopic (exact) mass is 338 g/mol. The number of fused-ring (bicyclic) bond motifs is 1. The third-order valence-electron chi connectivity index (χ3n) is 4.88. The minimum Gasteiger partial charge on any atom is -0.354 e. The fourth-order valence-corrected chi connectivity index (χ4v) is 4.19. The maximum absolute atomic E-state index is 4.82. The Hall–Kier alpha value is -2.25. The normalized spacial score (nSPS) is 21.3. The van der Waals surface area contributed by atoms with E-state index in [-0.39, 0.29) is 0 Å². The van der Waals surface area contributed by atoms with E-state index in [2.05, 4.69) is 55.0 Å². The predicted molar refractivity (Wildman–Crippen MR) is 95.4 cm³/mol. The van der Waals surface area contributed by atoms with Gasteiger partial charge in [0.1, 0.15) is 5.82 Å². The smallest absolute Gasteiger partial charge is 0.186 e. The van der Waals surface area contributed by atoms with Gasteiger partial charge in [-0.15, -0.1) is 15.3 Å². The number of anilines is 1. The fourth-order valence-electron chi connectivity index (χ4n) is 3.56. The van der Waals surface area contributed by atoms with Gasteiger partial charge in [-0.1, -0.05) is 12.2 Å².